The summed E-state index contributed by atoms with van der Waals surface area (Å²) < 4.78 is 15.6. The average Bonchev–Trinajstić information content (AvgIpc) is 3.23. The molecule has 1 N–H and O–H groups in total. The van der Waals surface area contributed by atoms with Crippen LogP contribution in [0.5, 0.6) is 11.5 Å². The summed E-state index contributed by atoms with van der Waals surface area (Å²) in [6.07, 6.45) is 2.86. The Bertz CT molecular complexity index is 1060. The SMILES string of the molecule is COc1cc(C=NNC(=O)c2ccc(C)cc2C)ccc1OC(=O)c1ccco1. The molecule has 0 bridgehead atoms. The van der Waals surface area contributed by atoms with Gasteiger partial charge in [-0.25, -0.2) is 10.2 Å². The molecule has 29 heavy (non-hydrogen) atoms. The molecule has 0 aliphatic carbocycles. The van der Waals surface area contributed by atoms with Gasteiger partial charge in [0.15, 0.2) is 11.5 Å². The molecule has 0 aliphatic heterocycles. The number of carbonyl (C=O) groups excluding carboxylic acids is 2. The number of benzene rings is 2. The molecule has 2 aromatic carbocycles. The lowest BCUT2D eigenvalue weighted by Gasteiger charge is -2.09. The third kappa shape index (κ3) is 4.90. The van der Waals surface area contributed by atoms with Gasteiger partial charge in [0.2, 0.25) is 5.76 Å². The molecule has 148 valence electrons. The van der Waals surface area contributed by atoms with Crippen molar-refractivity contribution in [3.63, 3.8) is 0 Å². The number of carbonyl (C=O) groups is 2. The van der Waals surface area contributed by atoms with Crippen LogP contribution in [0.1, 0.15) is 37.6 Å². The van der Waals surface area contributed by atoms with Crippen LogP contribution in [0.2, 0.25) is 0 Å². The van der Waals surface area contributed by atoms with Crippen LogP contribution in [0.25, 0.3) is 0 Å². The number of furan rings is 1. The van der Waals surface area contributed by atoms with Crippen molar-refractivity contribution in [3.05, 3.63) is 82.8 Å². The van der Waals surface area contributed by atoms with E-state index < -0.39 is 5.97 Å². The highest BCUT2D eigenvalue weighted by molar-refractivity contribution is 5.96. The number of amides is 1. The number of aryl methyl sites for hydroxylation is 2. The highest BCUT2D eigenvalue weighted by Gasteiger charge is 2.15. The maximum Gasteiger partial charge on any atom is 0.379 e. The van der Waals surface area contributed by atoms with Gasteiger partial charge in [-0.2, -0.15) is 5.10 Å². The van der Waals surface area contributed by atoms with E-state index in [2.05, 4.69) is 10.5 Å². The Hall–Kier alpha value is -3.87. The minimum Gasteiger partial charge on any atom is -0.493 e. The van der Waals surface area contributed by atoms with Crippen molar-refractivity contribution in [3.8, 4) is 11.5 Å². The van der Waals surface area contributed by atoms with Crippen LogP contribution >= 0.6 is 0 Å². The minimum atomic E-state index is -0.629. The van der Waals surface area contributed by atoms with Gasteiger partial charge in [-0.15, -0.1) is 0 Å². The maximum atomic E-state index is 12.3. The summed E-state index contributed by atoms with van der Waals surface area (Å²) in [5.74, 6) is -0.253. The third-order valence-corrected chi connectivity index (χ3v) is 4.12. The van der Waals surface area contributed by atoms with Crippen LogP contribution in [0.3, 0.4) is 0 Å². The Morgan fingerprint density at radius 3 is 2.59 bits per heavy atom. The van der Waals surface area contributed by atoms with Gasteiger partial charge in [-0.3, -0.25) is 4.79 Å². The van der Waals surface area contributed by atoms with Gasteiger partial charge in [0.1, 0.15) is 0 Å². The molecular formula is C22H20N2O5. The summed E-state index contributed by atoms with van der Waals surface area (Å²) in [6.45, 7) is 3.84. The molecule has 1 amide bonds. The van der Waals surface area contributed by atoms with Crippen LogP contribution in [0.4, 0.5) is 0 Å². The van der Waals surface area contributed by atoms with Crippen LogP contribution in [0.15, 0.2) is 64.3 Å². The first-order valence-corrected chi connectivity index (χ1v) is 8.82. The minimum absolute atomic E-state index is 0.0896. The Labute approximate surface area is 167 Å². The van der Waals surface area contributed by atoms with Gasteiger partial charge in [0.25, 0.3) is 5.91 Å². The second kappa shape index (κ2) is 8.88. The van der Waals surface area contributed by atoms with Crippen molar-refractivity contribution in [2.75, 3.05) is 7.11 Å². The highest BCUT2D eigenvalue weighted by Crippen LogP contribution is 2.28. The number of hydrazone groups is 1. The van der Waals surface area contributed by atoms with Gasteiger partial charge in [-0.1, -0.05) is 17.7 Å². The van der Waals surface area contributed by atoms with Crippen LogP contribution in [-0.2, 0) is 0 Å². The molecule has 1 aromatic heterocycles. The van der Waals surface area contributed by atoms with E-state index in [-0.39, 0.29) is 17.4 Å². The lowest BCUT2D eigenvalue weighted by atomic mass is 10.1. The van der Waals surface area contributed by atoms with Crippen molar-refractivity contribution in [2.24, 2.45) is 5.10 Å². The quantitative estimate of drug-likeness (QED) is 0.297. The zero-order chi connectivity index (χ0) is 20.8. The molecule has 0 aliphatic rings. The smallest absolute Gasteiger partial charge is 0.379 e. The summed E-state index contributed by atoms with van der Waals surface area (Å²) in [7, 11) is 1.46. The normalized spacial score (nSPS) is 10.7. The number of methoxy groups -OCH3 is 1. The molecule has 7 heteroatoms. The van der Waals surface area contributed by atoms with Crippen LogP contribution in [0, 0.1) is 13.8 Å². The number of nitrogens with zero attached hydrogens (tertiary/aromatic N) is 1. The van der Waals surface area contributed by atoms with Crippen LogP contribution in [-0.4, -0.2) is 25.2 Å². The van der Waals surface area contributed by atoms with Crippen molar-refractivity contribution < 1.29 is 23.5 Å². The van der Waals surface area contributed by atoms with E-state index in [0.29, 0.717) is 16.9 Å². The number of ether oxygens (including phenoxy) is 2. The van der Waals surface area contributed by atoms with Crippen molar-refractivity contribution in [1.29, 1.82) is 0 Å². The summed E-state index contributed by atoms with van der Waals surface area (Å²) in [5.41, 5.74) is 5.68. The Balaban J connectivity index is 1.68. The fourth-order valence-electron chi connectivity index (χ4n) is 2.69. The van der Waals surface area contributed by atoms with E-state index >= 15 is 0 Å². The number of esters is 1. The monoisotopic (exact) mass is 392 g/mol. The first-order valence-electron chi connectivity index (χ1n) is 8.82. The molecule has 7 nitrogen and oxygen atoms in total. The van der Waals surface area contributed by atoms with Gasteiger partial charge in [0, 0.05) is 5.56 Å². The van der Waals surface area contributed by atoms with Crippen LogP contribution < -0.4 is 14.9 Å². The molecule has 1 heterocycles. The van der Waals surface area contributed by atoms with Gasteiger partial charge < -0.3 is 13.9 Å². The number of rotatable bonds is 6. The molecule has 0 fully saturated rings. The summed E-state index contributed by atoms with van der Waals surface area (Å²) in [5, 5.41) is 3.99. The Morgan fingerprint density at radius 1 is 1.07 bits per heavy atom. The molecule has 3 aromatic rings. The first kappa shape index (κ1) is 19.9. The van der Waals surface area contributed by atoms with E-state index in [9.17, 15) is 9.59 Å². The predicted octanol–water partition coefficient (Wildman–Crippen LogP) is 3.89. The molecule has 0 radical (unpaired) electrons. The fourth-order valence-corrected chi connectivity index (χ4v) is 2.69. The standard InChI is InChI=1S/C22H20N2O5/c1-14-6-8-17(15(2)11-14)21(25)24-23-13-16-7-9-18(20(12-16)27-3)29-22(26)19-5-4-10-28-19/h4-13H,1-3H3,(H,24,25). The molecule has 0 atom stereocenters. The highest BCUT2D eigenvalue weighted by atomic mass is 16.6. The van der Waals surface area contributed by atoms with Gasteiger partial charge in [0.05, 0.1) is 19.6 Å². The lowest BCUT2D eigenvalue weighted by molar-refractivity contribution is 0.0696. The van der Waals surface area contributed by atoms with Gasteiger partial charge in [-0.05, 0) is 61.4 Å². The zero-order valence-electron chi connectivity index (χ0n) is 16.3. The second-order valence-corrected chi connectivity index (χ2v) is 6.29. The van der Waals surface area contributed by atoms with E-state index in [1.807, 2.05) is 26.0 Å². The topological polar surface area (TPSA) is 90.1 Å². The Kier molecular flexibility index (Phi) is 6.09. The lowest BCUT2D eigenvalue weighted by Crippen LogP contribution is -2.18. The van der Waals surface area contributed by atoms with E-state index in [1.165, 1.54) is 25.7 Å². The zero-order valence-corrected chi connectivity index (χ0v) is 16.3. The summed E-state index contributed by atoms with van der Waals surface area (Å²) >= 11 is 0. The number of nitrogens with one attached hydrogen (secondary N) is 1. The number of hydrogen-bond donors (Lipinski definition) is 1. The summed E-state index contributed by atoms with van der Waals surface area (Å²) in [4.78, 5) is 24.3. The maximum absolute atomic E-state index is 12.3. The molecule has 3 rings (SSSR count). The molecular weight excluding hydrogens is 372 g/mol. The van der Waals surface area contributed by atoms with Crippen molar-refractivity contribution in [1.82, 2.24) is 5.43 Å². The molecule has 0 spiro atoms. The average molecular weight is 392 g/mol. The third-order valence-electron chi connectivity index (χ3n) is 4.12. The largest absolute Gasteiger partial charge is 0.493 e. The molecule has 0 saturated carbocycles. The van der Waals surface area contributed by atoms with Gasteiger partial charge >= 0.3 is 5.97 Å². The molecule has 0 saturated heterocycles. The second-order valence-electron chi connectivity index (χ2n) is 6.29. The van der Waals surface area contributed by atoms with E-state index in [0.717, 1.165) is 11.1 Å². The van der Waals surface area contributed by atoms with Crippen molar-refractivity contribution >= 4 is 18.1 Å². The van der Waals surface area contributed by atoms with E-state index in [1.54, 1.807) is 30.3 Å². The predicted molar refractivity (Wildman–Crippen MR) is 108 cm³/mol. The summed E-state index contributed by atoms with van der Waals surface area (Å²) in [6, 6.07) is 13.6. The fraction of sp³-hybridized carbons (Fsp3) is 0.136. The van der Waals surface area contributed by atoms with Crippen molar-refractivity contribution in [2.45, 2.75) is 13.8 Å². The first-order chi connectivity index (χ1) is 14.0. The number of hydrogen-bond acceptors (Lipinski definition) is 6. The Morgan fingerprint density at radius 2 is 1.90 bits per heavy atom. The molecule has 0 unspecified atom stereocenters. The van der Waals surface area contributed by atoms with E-state index in [4.69, 9.17) is 13.9 Å².